The fraction of sp³-hybridized carbons (Fsp3) is 0.462. The van der Waals surface area contributed by atoms with E-state index in [4.69, 9.17) is 0 Å². The van der Waals surface area contributed by atoms with Gasteiger partial charge in [0.05, 0.1) is 17.9 Å². The molecule has 2 aromatic rings. The van der Waals surface area contributed by atoms with Crippen molar-refractivity contribution in [1.82, 2.24) is 25.1 Å². The molecule has 5 nitrogen and oxygen atoms in total. The molecule has 0 unspecified atom stereocenters. The number of rotatable bonds is 2. The number of aromatic nitrogens is 4. The highest BCUT2D eigenvalue weighted by molar-refractivity contribution is 5.56. The van der Waals surface area contributed by atoms with Crippen LogP contribution < -0.4 is 5.32 Å². The molecule has 0 radical (unpaired) electrons. The number of hydrogen-bond donors (Lipinski definition) is 1. The summed E-state index contributed by atoms with van der Waals surface area (Å²) in [6.45, 7) is 1.06. The lowest BCUT2D eigenvalue weighted by Crippen LogP contribution is -2.28. The van der Waals surface area contributed by atoms with Gasteiger partial charge in [0.2, 0.25) is 0 Å². The van der Waals surface area contributed by atoms with E-state index in [1.807, 2.05) is 31.7 Å². The van der Waals surface area contributed by atoms with Crippen LogP contribution in [0.4, 0.5) is 0 Å². The summed E-state index contributed by atoms with van der Waals surface area (Å²) >= 11 is 0. The Morgan fingerprint density at radius 2 is 2.33 bits per heavy atom. The van der Waals surface area contributed by atoms with Crippen molar-refractivity contribution in [2.24, 2.45) is 7.05 Å². The van der Waals surface area contributed by atoms with E-state index in [0.29, 0.717) is 6.04 Å². The third-order valence-corrected chi connectivity index (χ3v) is 3.30. The predicted octanol–water partition coefficient (Wildman–Crippen LogP) is 1.69. The summed E-state index contributed by atoms with van der Waals surface area (Å²) in [4.78, 5) is 9.05. The van der Waals surface area contributed by atoms with Crippen LogP contribution in [0, 0.1) is 0 Å². The molecular formula is C13H17N5. The van der Waals surface area contributed by atoms with Crippen LogP contribution >= 0.6 is 0 Å². The van der Waals surface area contributed by atoms with Gasteiger partial charge < -0.3 is 5.32 Å². The Kier molecular flexibility index (Phi) is 3.06. The van der Waals surface area contributed by atoms with E-state index in [0.717, 1.165) is 30.0 Å². The third kappa shape index (κ3) is 2.26. The zero-order chi connectivity index (χ0) is 12.4. The van der Waals surface area contributed by atoms with Gasteiger partial charge in [0.25, 0.3) is 0 Å². The highest BCUT2D eigenvalue weighted by Crippen LogP contribution is 2.22. The maximum Gasteiger partial charge on any atom is 0.145 e. The first-order chi connectivity index (χ1) is 8.83. The molecular weight excluding hydrogens is 226 g/mol. The summed E-state index contributed by atoms with van der Waals surface area (Å²) in [7, 11) is 1.91. The number of piperidine rings is 1. The smallest absolute Gasteiger partial charge is 0.145 e. The van der Waals surface area contributed by atoms with Crippen LogP contribution in [0.1, 0.15) is 31.1 Å². The number of hydrogen-bond acceptors (Lipinski definition) is 4. The summed E-state index contributed by atoms with van der Waals surface area (Å²) in [6.07, 6.45) is 9.26. The van der Waals surface area contributed by atoms with Crippen LogP contribution in [0.2, 0.25) is 0 Å². The summed E-state index contributed by atoms with van der Waals surface area (Å²) in [5.41, 5.74) is 1.98. The molecule has 0 aliphatic carbocycles. The highest BCUT2D eigenvalue weighted by Gasteiger charge is 2.17. The van der Waals surface area contributed by atoms with Crippen molar-refractivity contribution in [2.75, 3.05) is 6.54 Å². The second-order valence-corrected chi connectivity index (χ2v) is 4.71. The molecule has 1 saturated heterocycles. The van der Waals surface area contributed by atoms with Crippen LogP contribution in [0.25, 0.3) is 11.3 Å². The highest BCUT2D eigenvalue weighted by atomic mass is 15.2. The average Bonchev–Trinajstić information content (AvgIpc) is 2.87. The fourth-order valence-corrected chi connectivity index (χ4v) is 2.33. The zero-order valence-corrected chi connectivity index (χ0v) is 10.5. The van der Waals surface area contributed by atoms with Crippen molar-refractivity contribution >= 4 is 0 Å². The van der Waals surface area contributed by atoms with Gasteiger partial charge in [-0.05, 0) is 25.5 Å². The second-order valence-electron chi connectivity index (χ2n) is 4.71. The van der Waals surface area contributed by atoms with Gasteiger partial charge in [-0.1, -0.05) is 6.42 Å². The van der Waals surface area contributed by atoms with Crippen LogP contribution in [-0.4, -0.2) is 26.3 Å². The number of aryl methyl sites for hydroxylation is 1. The van der Waals surface area contributed by atoms with E-state index >= 15 is 0 Å². The van der Waals surface area contributed by atoms with Crippen molar-refractivity contribution in [3.63, 3.8) is 0 Å². The molecule has 0 saturated carbocycles. The predicted molar refractivity (Wildman–Crippen MR) is 68.8 cm³/mol. The maximum absolute atomic E-state index is 4.65. The Balaban J connectivity index is 1.88. The van der Waals surface area contributed by atoms with E-state index < -0.39 is 0 Å². The molecule has 1 N–H and O–H groups in total. The van der Waals surface area contributed by atoms with Gasteiger partial charge in [0.15, 0.2) is 0 Å². The van der Waals surface area contributed by atoms with Crippen LogP contribution in [-0.2, 0) is 7.05 Å². The Hall–Kier alpha value is -1.75. The topological polar surface area (TPSA) is 55.6 Å². The average molecular weight is 243 g/mol. The Bertz CT molecular complexity index is 528. The molecule has 1 aliphatic rings. The molecule has 0 spiro atoms. The second kappa shape index (κ2) is 4.86. The van der Waals surface area contributed by atoms with Crippen LogP contribution in [0.5, 0.6) is 0 Å². The van der Waals surface area contributed by atoms with Gasteiger partial charge in [-0.15, -0.1) is 0 Å². The molecule has 5 heteroatoms. The first-order valence-corrected chi connectivity index (χ1v) is 6.38. The minimum absolute atomic E-state index is 0.301. The summed E-state index contributed by atoms with van der Waals surface area (Å²) < 4.78 is 1.79. The van der Waals surface area contributed by atoms with Crippen LogP contribution in [0.15, 0.2) is 24.7 Å². The summed E-state index contributed by atoms with van der Waals surface area (Å²) in [5, 5.41) is 7.65. The number of nitrogens with one attached hydrogen (secondary N) is 1. The van der Waals surface area contributed by atoms with E-state index in [2.05, 4.69) is 20.4 Å². The molecule has 2 aromatic heterocycles. The summed E-state index contributed by atoms with van der Waals surface area (Å²) in [5.74, 6) is 0.899. The van der Waals surface area contributed by atoms with Gasteiger partial charge >= 0.3 is 0 Å². The molecule has 0 amide bonds. The Labute approximate surface area is 106 Å². The van der Waals surface area contributed by atoms with Gasteiger partial charge in [0, 0.05) is 25.0 Å². The minimum Gasteiger partial charge on any atom is -0.307 e. The molecule has 1 aliphatic heterocycles. The molecule has 3 heterocycles. The molecule has 3 rings (SSSR count). The monoisotopic (exact) mass is 243 g/mol. The molecule has 0 bridgehead atoms. The van der Waals surface area contributed by atoms with E-state index in [1.54, 1.807) is 4.68 Å². The normalized spacial score (nSPS) is 19.9. The summed E-state index contributed by atoms with van der Waals surface area (Å²) in [6, 6.07) is 2.24. The van der Waals surface area contributed by atoms with Crippen molar-refractivity contribution < 1.29 is 0 Å². The lowest BCUT2D eigenvalue weighted by atomic mass is 10.0. The standard InChI is InChI=1S/C13H17N5/c1-18-9-10(8-16-18)11-5-7-15-13(17-11)12-4-2-3-6-14-12/h5,7-9,12,14H,2-4,6H2,1H3/t12-/m1/s1. The molecule has 1 atom stereocenters. The lowest BCUT2D eigenvalue weighted by Gasteiger charge is -2.22. The van der Waals surface area contributed by atoms with E-state index in [-0.39, 0.29) is 0 Å². The first kappa shape index (κ1) is 11.3. The quantitative estimate of drug-likeness (QED) is 0.872. The number of nitrogens with zero attached hydrogens (tertiary/aromatic N) is 4. The molecule has 18 heavy (non-hydrogen) atoms. The van der Waals surface area contributed by atoms with Crippen molar-refractivity contribution in [1.29, 1.82) is 0 Å². The SMILES string of the molecule is Cn1cc(-c2ccnc([C@H]3CCCCN3)n2)cn1. The first-order valence-electron chi connectivity index (χ1n) is 6.38. The van der Waals surface area contributed by atoms with Crippen LogP contribution in [0.3, 0.4) is 0 Å². The van der Waals surface area contributed by atoms with E-state index in [1.165, 1.54) is 12.8 Å². The molecule has 1 fully saturated rings. The lowest BCUT2D eigenvalue weighted by molar-refractivity contribution is 0.397. The third-order valence-electron chi connectivity index (χ3n) is 3.30. The maximum atomic E-state index is 4.65. The minimum atomic E-state index is 0.301. The largest absolute Gasteiger partial charge is 0.307 e. The van der Waals surface area contributed by atoms with Gasteiger partial charge in [0.1, 0.15) is 5.82 Å². The van der Waals surface area contributed by atoms with Crippen molar-refractivity contribution in [3.8, 4) is 11.3 Å². The molecule has 0 aromatic carbocycles. The van der Waals surface area contributed by atoms with Crippen molar-refractivity contribution in [3.05, 3.63) is 30.5 Å². The Morgan fingerprint density at radius 1 is 1.39 bits per heavy atom. The van der Waals surface area contributed by atoms with Gasteiger partial charge in [-0.2, -0.15) is 5.10 Å². The fourth-order valence-electron chi connectivity index (χ4n) is 2.33. The van der Waals surface area contributed by atoms with E-state index in [9.17, 15) is 0 Å². The van der Waals surface area contributed by atoms with Crippen molar-refractivity contribution in [2.45, 2.75) is 25.3 Å². The zero-order valence-electron chi connectivity index (χ0n) is 10.5. The molecule has 94 valence electrons. The Morgan fingerprint density at radius 3 is 3.06 bits per heavy atom. The van der Waals surface area contributed by atoms with Gasteiger partial charge in [-0.3, -0.25) is 4.68 Å². The van der Waals surface area contributed by atoms with Gasteiger partial charge in [-0.25, -0.2) is 9.97 Å².